The van der Waals surface area contributed by atoms with Gasteiger partial charge in [0.15, 0.2) is 0 Å². The normalized spacial score (nSPS) is 12.4. The Morgan fingerprint density at radius 1 is 1.56 bits per heavy atom. The Balaban J connectivity index is 2.56. The first-order chi connectivity index (χ1) is 8.56. The quantitative estimate of drug-likeness (QED) is 0.549. The Morgan fingerprint density at radius 3 is 2.89 bits per heavy atom. The molecule has 1 N–H and O–H groups in total. The number of nitrogens with zero attached hydrogens (tertiary/aromatic N) is 5. The molecule has 0 bridgehead atoms. The van der Waals surface area contributed by atoms with Gasteiger partial charge in [-0.25, -0.2) is 4.68 Å². The number of hydrogen-bond donors (Lipinski definition) is 1. The average molecular weight is 272 g/mol. The van der Waals surface area contributed by atoms with E-state index in [-0.39, 0.29) is 11.2 Å². The van der Waals surface area contributed by atoms with Crippen LogP contribution in [0.4, 0.5) is 0 Å². The summed E-state index contributed by atoms with van der Waals surface area (Å²) in [5, 5.41) is 15.2. The molecule has 1 aromatic rings. The largest absolute Gasteiger partial charge is 0.348 e. The molecule has 0 saturated heterocycles. The lowest BCUT2D eigenvalue weighted by Crippen LogP contribution is -2.30. The maximum atomic E-state index is 11.8. The average Bonchev–Trinajstić information content (AvgIpc) is 2.76. The highest BCUT2D eigenvalue weighted by Gasteiger charge is 2.19. The second-order valence-corrected chi connectivity index (χ2v) is 5.34. The summed E-state index contributed by atoms with van der Waals surface area (Å²) in [4.78, 5) is 13.3. The highest BCUT2D eigenvalue weighted by atomic mass is 32.2. The van der Waals surface area contributed by atoms with Crippen LogP contribution in [-0.2, 0) is 11.3 Å². The van der Waals surface area contributed by atoms with E-state index >= 15 is 0 Å². The molecule has 1 heterocycles. The van der Waals surface area contributed by atoms with Gasteiger partial charge in [-0.05, 0) is 23.9 Å². The lowest BCUT2D eigenvalue weighted by atomic mass is 10.4. The Morgan fingerprint density at radius 2 is 2.28 bits per heavy atom. The van der Waals surface area contributed by atoms with E-state index in [9.17, 15) is 4.79 Å². The number of aromatic nitrogens is 4. The molecule has 0 aliphatic heterocycles. The van der Waals surface area contributed by atoms with Crippen molar-refractivity contribution < 1.29 is 4.79 Å². The maximum Gasteiger partial charge on any atom is 0.235 e. The molecule has 0 fully saturated rings. The maximum absolute atomic E-state index is 11.8. The molecule has 0 radical (unpaired) electrons. The standard InChI is InChI=1S/C10H20N6OS/c1-5-11-6-7-16-10(12-13-14-16)18-8(2)9(17)15(3)4/h8,11H,5-7H2,1-4H3. The first-order valence-corrected chi connectivity index (χ1v) is 6.79. The molecule has 18 heavy (non-hydrogen) atoms. The van der Waals surface area contributed by atoms with E-state index in [1.807, 2.05) is 13.8 Å². The van der Waals surface area contributed by atoms with Crippen LogP contribution in [0.2, 0.25) is 0 Å². The molecule has 1 atom stereocenters. The number of tetrazole rings is 1. The van der Waals surface area contributed by atoms with Crippen LogP contribution < -0.4 is 5.32 Å². The van der Waals surface area contributed by atoms with Crippen LogP contribution in [0.25, 0.3) is 0 Å². The van der Waals surface area contributed by atoms with Crippen LogP contribution in [0, 0.1) is 0 Å². The van der Waals surface area contributed by atoms with E-state index in [2.05, 4.69) is 20.8 Å². The monoisotopic (exact) mass is 272 g/mol. The fourth-order valence-electron chi connectivity index (χ4n) is 1.36. The summed E-state index contributed by atoms with van der Waals surface area (Å²) in [5.74, 6) is 0.0567. The fraction of sp³-hybridized carbons (Fsp3) is 0.800. The number of nitrogens with one attached hydrogen (secondary N) is 1. The minimum Gasteiger partial charge on any atom is -0.348 e. The Bertz CT molecular complexity index is 380. The molecule has 102 valence electrons. The van der Waals surface area contributed by atoms with E-state index in [1.165, 1.54) is 11.8 Å². The van der Waals surface area contributed by atoms with Crippen molar-refractivity contribution in [3.63, 3.8) is 0 Å². The Labute approximate surface area is 111 Å². The number of thioether (sulfide) groups is 1. The zero-order chi connectivity index (χ0) is 13.5. The summed E-state index contributed by atoms with van der Waals surface area (Å²) < 4.78 is 1.72. The molecule has 0 aromatic carbocycles. The van der Waals surface area contributed by atoms with Gasteiger partial charge < -0.3 is 10.2 Å². The van der Waals surface area contributed by atoms with Crippen LogP contribution in [0.15, 0.2) is 5.16 Å². The van der Waals surface area contributed by atoms with Crippen molar-refractivity contribution in [3.8, 4) is 0 Å². The Hall–Kier alpha value is -1.15. The number of amides is 1. The molecule has 1 unspecified atom stereocenters. The lowest BCUT2D eigenvalue weighted by molar-refractivity contribution is -0.127. The molecule has 0 saturated carbocycles. The van der Waals surface area contributed by atoms with Gasteiger partial charge in [0.25, 0.3) is 0 Å². The molecular formula is C10H20N6OS. The number of carbonyl (C=O) groups excluding carboxylic acids is 1. The van der Waals surface area contributed by atoms with Crippen molar-refractivity contribution in [2.75, 3.05) is 27.2 Å². The van der Waals surface area contributed by atoms with Crippen LogP contribution in [0.3, 0.4) is 0 Å². The summed E-state index contributed by atoms with van der Waals surface area (Å²) in [6, 6.07) is 0. The molecule has 0 aliphatic rings. The van der Waals surface area contributed by atoms with E-state index in [0.29, 0.717) is 11.7 Å². The highest BCUT2D eigenvalue weighted by molar-refractivity contribution is 8.00. The highest BCUT2D eigenvalue weighted by Crippen LogP contribution is 2.20. The van der Waals surface area contributed by atoms with E-state index in [4.69, 9.17) is 0 Å². The zero-order valence-electron chi connectivity index (χ0n) is 11.3. The molecule has 7 nitrogen and oxygen atoms in total. The summed E-state index contributed by atoms with van der Waals surface area (Å²) in [6.45, 7) is 6.33. The van der Waals surface area contributed by atoms with Crippen LogP contribution >= 0.6 is 11.8 Å². The number of hydrogen-bond acceptors (Lipinski definition) is 6. The molecular weight excluding hydrogens is 252 g/mol. The van der Waals surface area contributed by atoms with Gasteiger partial charge in [0, 0.05) is 20.6 Å². The summed E-state index contributed by atoms with van der Waals surface area (Å²) in [5.41, 5.74) is 0. The molecule has 0 aliphatic carbocycles. The minimum atomic E-state index is -0.191. The first-order valence-electron chi connectivity index (χ1n) is 5.91. The van der Waals surface area contributed by atoms with Crippen LogP contribution in [-0.4, -0.2) is 63.4 Å². The Kier molecular flexibility index (Phi) is 6.06. The third-order valence-corrected chi connectivity index (χ3v) is 3.38. The van der Waals surface area contributed by atoms with Gasteiger partial charge in [-0.1, -0.05) is 18.7 Å². The topological polar surface area (TPSA) is 75.9 Å². The van der Waals surface area contributed by atoms with Crippen molar-refractivity contribution in [2.45, 2.75) is 30.8 Å². The molecule has 1 rings (SSSR count). The van der Waals surface area contributed by atoms with Crippen molar-refractivity contribution in [2.24, 2.45) is 0 Å². The molecule has 0 spiro atoms. The second kappa shape index (κ2) is 7.32. The SMILES string of the molecule is CCNCCn1nnnc1SC(C)C(=O)N(C)C. The van der Waals surface area contributed by atoms with Crippen molar-refractivity contribution in [1.82, 2.24) is 30.4 Å². The molecule has 1 amide bonds. The van der Waals surface area contributed by atoms with Crippen molar-refractivity contribution in [1.29, 1.82) is 0 Å². The van der Waals surface area contributed by atoms with Crippen LogP contribution in [0.1, 0.15) is 13.8 Å². The third kappa shape index (κ3) is 4.26. The smallest absolute Gasteiger partial charge is 0.235 e. The summed E-state index contributed by atoms with van der Waals surface area (Å²) in [6.07, 6.45) is 0. The fourth-order valence-corrected chi connectivity index (χ4v) is 2.32. The predicted molar refractivity (Wildman–Crippen MR) is 70.4 cm³/mol. The van der Waals surface area contributed by atoms with E-state index in [1.54, 1.807) is 23.7 Å². The first kappa shape index (κ1) is 14.9. The molecule has 8 heteroatoms. The van der Waals surface area contributed by atoms with Gasteiger partial charge in [0.05, 0.1) is 11.8 Å². The third-order valence-electron chi connectivity index (χ3n) is 2.32. The van der Waals surface area contributed by atoms with Gasteiger partial charge in [-0.15, -0.1) is 5.10 Å². The zero-order valence-corrected chi connectivity index (χ0v) is 12.1. The predicted octanol–water partition coefficient (Wildman–Crippen LogP) is -0.149. The van der Waals surface area contributed by atoms with Crippen LogP contribution in [0.5, 0.6) is 0 Å². The van der Waals surface area contributed by atoms with Crippen molar-refractivity contribution in [3.05, 3.63) is 0 Å². The number of carbonyl (C=O) groups is 1. The number of rotatable bonds is 7. The number of likely N-dealkylation sites (N-methyl/N-ethyl adjacent to an activating group) is 1. The van der Waals surface area contributed by atoms with Gasteiger partial charge >= 0.3 is 0 Å². The van der Waals surface area contributed by atoms with Gasteiger partial charge in [0.1, 0.15) is 0 Å². The summed E-state index contributed by atoms with van der Waals surface area (Å²) in [7, 11) is 3.49. The van der Waals surface area contributed by atoms with E-state index in [0.717, 1.165) is 13.1 Å². The van der Waals surface area contributed by atoms with Gasteiger partial charge in [-0.3, -0.25) is 4.79 Å². The summed E-state index contributed by atoms with van der Waals surface area (Å²) >= 11 is 1.38. The van der Waals surface area contributed by atoms with E-state index < -0.39 is 0 Å². The molecule has 1 aromatic heterocycles. The lowest BCUT2D eigenvalue weighted by Gasteiger charge is -2.15. The van der Waals surface area contributed by atoms with Gasteiger partial charge in [0.2, 0.25) is 11.1 Å². The van der Waals surface area contributed by atoms with Crippen molar-refractivity contribution >= 4 is 17.7 Å². The second-order valence-electron chi connectivity index (χ2n) is 4.03. The van der Waals surface area contributed by atoms with Gasteiger partial charge in [-0.2, -0.15) is 0 Å². The minimum absolute atomic E-state index is 0.0567.